The number of unbranched alkanes of at least 4 members (excludes halogenated alkanes) is 1. The van der Waals surface area contributed by atoms with Crippen LogP contribution in [0.25, 0.3) is 0 Å². The first-order valence-corrected chi connectivity index (χ1v) is 8.46. The van der Waals surface area contributed by atoms with Crippen LogP contribution in [0.15, 0.2) is 63.7 Å². The number of rotatable bonds is 6. The molecule has 0 amide bonds. The molecule has 0 aliphatic carbocycles. The molecular formula is C16H17N2NaO3S. The van der Waals surface area contributed by atoms with E-state index in [4.69, 9.17) is 0 Å². The van der Waals surface area contributed by atoms with Gasteiger partial charge >= 0.3 is 29.6 Å². The molecule has 0 aliphatic heterocycles. The van der Waals surface area contributed by atoms with Gasteiger partial charge in [0.05, 0.1) is 16.3 Å². The van der Waals surface area contributed by atoms with Gasteiger partial charge in [-0.2, -0.15) is 10.2 Å². The minimum absolute atomic E-state index is 0. The van der Waals surface area contributed by atoms with Gasteiger partial charge in [-0.15, -0.1) is 0 Å². The van der Waals surface area contributed by atoms with Crippen LogP contribution in [-0.4, -0.2) is 13.0 Å². The molecule has 7 heteroatoms. The Morgan fingerprint density at radius 2 is 1.39 bits per heavy atom. The average Bonchev–Trinajstić information content (AvgIpc) is 2.51. The van der Waals surface area contributed by atoms with Crippen LogP contribution >= 0.6 is 0 Å². The molecule has 2 aromatic rings. The van der Waals surface area contributed by atoms with Crippen molar-refractivity contribution in [3.05, 3.63) is 54.1 Å². The summed E-state index contributed by atoms with van der Waals surface area (Å²) in [7, 11) is -4.42. The van der Waals surface area contributed by atoms with Gasteiger partial charge in [0.25, 0.3) is 0 Å². The summed E-state index contributed by atoms with van der Waals surface area (Å²) >= 11 is 0. The molecule has 0 heterocycles. The van der Waals surface area contributed by atoms with Gasteiger partial charge in [0.15, 0.2) is 0 Å². The largest absolute Gasteiger partial charge is 1.00 e. The standard InChI is InChI=1S/C16H18N2O3S.Na/c1-2-3-4-13-5-7-14(8-6-13)17-18-15-9-11-16(12-10-15)22(19,20)21;/h5-12H,2-4H2,1H3,(H,19,20,21);/q;+1/p-1. The summed E-state index contributed by atoms with van der Waals surface area (Å²) in [6.07, 6.45) is 3.38. The molecule has 0 aromatic heterocycles. The molecule has 0 aliphatic rings. The third kappa shape index (κ3) is 6.53. The number of nitrogens with zero attached hydrogens (tertiary/aromatic N) is 2. The maximum absolute atomic E-state index is 10.8. The number of benzene rings is 2. The van der Waals surface area contributed by atoms with Gasteiger partial charge in [0.2, 0.25) is 0 Å². The Kier molecular flexibility index (Phi) is 8.08. The van der Waals surface area contributed by atoms with Gasteiger partial charge in [-0.3, -0.25) is 0 Å². The van der Waals surface area contributed by atoms with Crippen LogP contribution < -0.4 is 29.6 Å². The number of aryl methyl sites for hydroxylation is 1. The molecule has 0 N–H and O–H groups in total. The molecule has 23 heavy (non-hydrogen) atoms. The predicted molar refractivity (Wildman–Crippen MR) is 83.6 cm³/mol. The summed E-state index contributed by atoms with van der Waals surface area (Å²) in [5.74, 6) is 0. The van der Waals surface area contributed by atoms with Crippen molar-refractivity contribution >= 4 is 21.5 Å². The number of hydrogen-bond acceptors (Lipinski definition) is 5. The minimum Gasteiger partial charge on any atom is -0.744 e. The number of hydrogen-bond donors (Lipinski definition) is 0. The second kappa shape index (κ2) is 9.30. The zero-order chi connectivity index (χ0) is 16.0. The topological polar surface area (TPSA) is 81.9 Å². The van der Waals surface area contributed by atoms with Crippen LogP contribution in [0.4, 0.5) is 11.4 Å². The molecule has 0 spiro atoms. The first kappa shape index (κ1) is 20.0. The fourth-order valence-electron chi connectivity index (χ4n) is 1.91. The van der Waals surface area contributed by atoms with E-state index in [2.05, 4.69) is 17.2 Å². The van der Waals surface area contributed by atoms with Gasteiger partial charge in [0.1, 0.15) is 10.1 Å². The maximum Gasteiger partial charge on any atom is 1.00 e. The molecule has 0 radical (unpaired) electrons. The van der Waals surface area contributed by atoms with E-state index in [9.17, 15) is 13.0 Å². The van der Waals surface area contributed by atoms with E-state index >= 15 is 0 Å². The van der Waals surface area contributed by atoms with Gasteiger partial charge in [-0.1, -0.05) is 25.5 Å². The molecule has 0 atom stereocenters. The van der Waals surface area contributed by atoms with Gasteiger partial charge < -0.3 is 4.55 Å². The summed E-state index contributed by atoms with van der Waals surface area (Å²) < 4.78 is 32.5. The second-order valence-electron chi connectivity index (χ2n) is 4.92. The maximum atomic E-state index is 10.8. The van der Waals surface area contributed by atoms with Crippen molar-refractivity contribution in [2.45, 2.75) is 31.1 Å². The molecule has 116 valence electrons. The normalized spacial score (nSPS) is 11.4. The predicted octanol–water partition coefficient (Wildman–Crippen LogP) is 1.35. The van der Waals surface area contributed by atoms with Crippen molar-refractivity contribution < 1.29 is 42.5 Å². The van der Waals surface area contributed by atoms with E-state index in [0.29, 0.717) is 5.69 Å². The van der Waals surface area contributed by atoms with E-state index in [1.54, 1.807) is 0 Å². The SMILES string of the molecule is CCCCc1ccc(N=Nc2ccc(S(=O)(=O)[O-])cc2)cc1.[Na+]. The van der Waals surface area contributed by atoms with E-state index in [1.165, 1.54) is 29.8 Å². The first-order valence-electron chi connectivity index (χ1n) is 7.05. The summed E-state index contributed by atoms with van der Waals surface area (Å²) in [6, 6.07) is 13.2. The Morgan fingerprint density at radius 1 is 0.913 bits per heavy atom. The molecule has 0 fully saturated rings. The third-order valence-corrected chi connectivity index (χ3v) is 4.01. The molecule has 0 saturated heterocycles. The van der Waals surface area contributed by atoms with Crippen molar-refractivity contribution in [3.8, 4) is 0 Å². The fraction of sp³-hybridized carbons (Fsp3) is 0.250. The Balaban J connectivity index is 0.00000264. The molecule has 2 aromatic carbocycles. The van der Waals surface area contributed by atoms with Crippen molar-refractivity contribution in [2.75, 3.05) is 0 Å². The second-order valence-corrected chi connectivity index (χ2v) is 6.30. The zero-order valence-electron chi connectivity index (χ0n) is 13.3. The van der Waals surface area contributed by atoms with Gasteiger partial charge in [0, 0.05) is 0 Å². The third-order valence-electron chi connectivity index (χ3n) is 3.16. The molecule has 0 saturated carbocycles. The quantitative estimate of drug-likeness (QED) is 0.452. The van der Waals surface area contributed by atoms with Gasteiger partial charge in [-0.25, -0.2) is 8.42 Å². The van der Waals surface area contributed by atoms with E-state index in [1.807, 2.05) is 24.3 Å². The summed E-state index contributed by atoms with van der Waals surface area (Å²) in [4.78, 5) is -0.272. The minimum atomic E-state index is -4.42. The van der Waals surface area contributed by atoms with Crippen LogP contribution in [0.3, 0.4) is 0 Å². The fourth-order valence-corrected chi connectivity index (χ4v) is 2.37. The zero-order valence-corrected chi connectivity index (χ0v) is 16.1. The Morgan fingerprint density at radius 3 is 1.83 bits per heavy atom. The van der Waals surface area contributed by atoms with Crippen molar-refractivity contribution in [3.63, 3.8) is 0 Å². The van der Waals surface area contributed by atoms with E-state index < -0.39 is 10.1 Å². The Labute approximate surface area is 158 Å². The van der Waals surface area contributed by atoms with E-state index in [0.717, 1.165) is 24.9 Å². The smallest absolute Gasteiger partial charge is 0.744 e. The van der Waals surface area contributed by atoms with Crippen molar-refractivity contribution in [1.82, 2.24) is 0 Å². The summed E-state index contributed by atoms with van der Waals surface area (Å²) in [5.41, 5.74) is 2.48. The molecule has 0 bridgehead atoms. The molecule has 5 nitrogen and oxygen atoms in total. The van der Waals surface area contributed by atoms with Crippen LogP contribution in [0, 0.1) is 0 Å². The first-order chi connectivity index (χ1) is 10.5. The molecule has 2 rings (SSSR count). The molecular weight excluding hydrogens is 323 g/mol. The van der Waals surface area contributed by atoms with Crippen LogP contribution in [-0.2, 0) is 16.5 Å². The van der Waals surface area contributed by atoms with Crippen LogP contribution in [0.2, 0.25) is 0 Å². The van der Waals surface area contributed by atoms with Crippen LogP contribution in [0.1, 0.15) is 25.3 Å². The Bertz CT molecular complexity index is 742. The Hall–Kier alpha value is -1.05. The van der Waals surface area contributed by atoms with Crippen molar-refractivity contribution in [1.29, 1.82) is 0 Å². The van der Waals surface area contributed by atoms with Crippen molar-refractivity contribution in [2.24, 2.45) is 10.2 Å². The number of azo groups is 1. The average molecular weight is 340 g/mol. The van der Waals surface area contributed by atoms with Crippen LogP contribution in [0.5, 0.6) is 0 Å². The monoisotopic (exact) mass is 340 g/mol. The molecule has 0 unspecified atom stereocenters. The van der Waals surface area contributed by atoms with Gasteiger partial charge in [-0.05, 0) is 54.8 Å². The summed E-state index contributed by atoms with van der Waals surface area (Å²) in [5, 5.41) is 8.11. The van der Waals surface area contributed by atoms with E-state index in [-0.39, 0.29) is 34.5 Å². The summed E-state index contributed by atoms with van der Waals surface area (Å²) in [6.45, 7) is 2.16.